The first kappa shape index (κ1) is 9.52. The highest BCUT2D eigenvalue weighted by Gasteiger charge is 1.93. The Hall–Kier alpha value is 1.52. The zero-order chi connectivity index (χ0) is 6.41. The van der Waals surface area contributed by atoms with Crippen molar-refractivity contribution in [1.29, 1.82) is 0 Å². The number of halogens is 2. The average molecular weight is 336 g/mol. The van der Waals surface area contributed by atoms with E-state index in [4.69, 9.17) is 0 Å². The molecular formula is C5H11BI2. The fraction of sp³-hybridized carbons (Fsp3) is 1.00. The molecular weight excluding hydrogens is 325 g/mol. The maximum Gasteiger partial charge on any atom is 0.118 e. The average Bonchev–Trinajstić information content (AvgIpc) is 1.66. The van der Waals surface area contributed by atoms with Crippen molar-refractivity contribution in [2.24, 2.45) is 0 Å². The van der Waals surface area contributed by atoms with Crippen LogP contribution in [0.25, 0.3) is 0 Å². The second-order valence-electron chi connectivity index (χ2n) is 1.97. The summed E-state index contributed by atoms with van der Waals surface area (Å²) in [4.78, 5) is 0. The van der Waals surface area contributed by atoms with Gasteiger partial charge in [-0.25, -0.2) is 0 Å². The van der Waals surface area contributed by atoms with Crippen molar-refractivity contribution in [1.82, 2.24) is 0 Å². The van der Waals surface area contributed by atoms with E-state index >= 15 is 0 Å². The number of unbranched alkanes of at least 4 members (excludes halogenated alkanes) is 1. The molecule has 0 spiro atoms. The van der Waals surface area contributed by atoms with Crippen LogP contribution >= 0.6 is 45.2 Å². The first-order valence-electron chi connectivity index (χ1n) is 2.97. The van der Waals surface area contributed by atoms with Gasteiger partial charge >= 0.3 is 0 Å². The Morgan fingerprint density at radius 1 is 1.38 bits per heavy atom. The summed E-state index contributed by atoms with van der Waals surface area (Å²) in [5.41, 5.74) is 0. The number of hydrogen-bond acceptors (Lipinski definition) is 0. The molecule has 0 nitrogen and oxygen atoms in total. The van der Waals surface area contributed by atoms with Gasteiger partial charge in [0.2, 0.25) is 0 Å². The zero-order valence-electron chi connectivity index (χ0n) is 5.16. The SMILES string of the molecule is BC(I)CCCCI. The van der Waals surface area contributed by atoms with E-state index in [1.54, 1.807) is 0 Å². The quantitative estimate of drug-likeness (QED) is 0.319. The molecule has 0 amide bonds. The standard InChI is InChI=1S/C5H11BI2/c6-5(8)3-1-2-4-7/h5H,1-4,6H2. The third kappa shape index (κ3) is 7.52. The van der Waals surface area contributed by atoms with E-state index in [0.717, 1.165) is 3.82 Å². The molecule has 8 heavy (non-hydrogen) atoms. The molecule has 0 saturated heterocycles. The second-order valence-corrected chi connectivity index (χ2v) is 5.17. The van der Waals surface area contributed by atoms with Crippen molar-refractivity contribution in [2.45, 2.75) is 23.1 Å². The molecule has 3 heteroatoms. The van der Waals surface area contributed by atoms with Gasteiger partial charge in [-0.05, 0) is 21.1 Å². The molecule has 0 N–H and O–H groups in total. The minimum atomic E-state index is 0.871. The molecule has 0 aromatic rings. The van der Waals surface area contributed by atoms with E-state index in [1.807, 2.05) is 0 Å². The van der Waals surface area contributed by atoms with Gasteiger partial charge in [0.25, 0.3) is 0 Å². The lowest BCUT2D eigenvalue weighted by Gasteiger charge is -1.98. The van der Waals surface area contributed by atoms with E-state index in [2.05, 4.69) is 53.0 Å². The van der Waals surface area contributed by atoms with E-state index in [9.17, 15) is 0 Å². The smallest absolute Gasteiger partial charge is 0.0924 e. The van der Waals surface area contributed by atoms with Gasteiger partial charge in [-0.15, -0.1) is 0 Å². The molecule has 0 radical (unpaired) electrons. The van der Waals surface area contributed by atoms with Gasteiger partial charge in [0.15, 0.2) is 0 Å². The maximum absolute atomic E-state index is 2.48. The Balaban J connectivity index is 2.72. The highest BCUT2D eigenvalue weighted by atomic mass is 127. The summed E-state index contributed by atoms with van der Waals surface area (Å²) in [5.74, 6) is 0. The van der Waals surface area contributed by atoms with E-state index in [1.165, 1.54) is 23.7 Å². The molecule has 1 unspecified atom stereocenters. The minimum Gasteiger partial charge on any atom is -0.0924 e. The van der Waals surface area contributed by atoms with Crippen LogP contribution in [-0.2, 0) is 0 Å². The first-order valence-corrected chi connectivity index (χ1v) is 5.74. The third-order valence-corrected chi connectivity index (χ3v) is 2.37. The lowest BCUT2D eigenvalue weighted by molar-refractivity contribution is 0.780. The Bertz CT molecular complexity index is 47.7. The molecule has 0 fully saturated rings. The van der Waals surface area contributed by atoms with Crippen LogP contribution < -0.4 is 0 Å². The molecule has 0 aliphatic heterocycles. The summed E-state index contributed by atoms with van der Waals surface area (Å²) >= 11 is 4.91. The summed E-state index contributed by atoms with van der Waals surface area (Å²) in [6.07, 6.45) is 4.20. The Kier molecular flexibility index (Phi) is 7.91. The highest BCUT2D eigenvalue weighted by Crippen LogP contribution is 2.06. The van der Waals surface area contributed by atoms with Gasteiger partial charge in [0.05, 0.1) is 0 Å². The van der Waals surface area contributed by atoms with Gasteiger partial charge in [0.1, 0.15) is 7.85 Å². The molecule has 0 heterocycles. The van der Waals surface area contributed by atoms with Gasteiger partial charge < -0.3 is 0 Å². The Labute approximate surface area is 79.9 Å². The largest absolute Gasteiger partial charge is 0.118 e. The maximum atomic E-state index is 2.48. The van der Waals surface area contributed by atoms with Crippen molar-refractivity contribution >= 4 is 53.0 Å². The van der Waals surface area contributed by atoms with Crippen molar-refractivity contribution in [3.8, 4) is 0 Å². The summed E-state index contributed by atoms with van der Waals surface area (Å²) in [6, 6.07) is 0. The molecule has 48 valence electrons. The predicted octanol–water partition coefficient (Wildman–Crippen LogP) is 1.99. The zero-order valence-corrected chi connectivity index (χ0v) is 9.48. The van der Waals surface area contributed by atoms with Crippen molar-refractivity contribution < 1.29 is 0 Å². The topological polar surface area (TPSA) is 0 Å². The molecule has 0 aliphatic rings. The monoisotopic (exact) mass is 336 g/mol. The van der Waals surface area contributed by atoms with Gasteiger partial charge in [-0.3, -0.25) is 0 Å². The third-order valence-electron chi connectivity index (χ3n) is 0.986. The van der Waals surface area contributed by atoms with Crippen LogP contribution in [-0.4, -0.2) is 16.1 Å². The minimum absolute atomic E-state index is 0.871. The fourth-order valence-electron chi connectivity index (χ4n) is 0.520. The van der Waals surface area contributed by atoms with Crippen LogP contribution in [0.4, 0.5) is 0 Å². The van der Waals surface area contributed by atoms with Crippen LogP contribution in [0, 0.1) is 0 Å². The Morgan fingerprint density at radius 3 is 2.38 bits per heavy atom. The lowest BCUT2D eigenvalue weighted by atomic mass is 10.00. The number of hydrogen-bond donors (Lipinski definition) is 0. The van der Waals surface area contributed by atoms with Gasteiger partial charge in [-0.1, -0.05) is 51.6 Å². The molecule has 0 aliphatic carbocycles. The van der Waals surface area contributed by atoms with Crippen LogP contribution in [0.3, 0.4) is 0 Å². The van der Waals surface area contributed by atoms with Crippen molar-refractivity contribution in [3.63, 3.8) is 0 Å². The van der Waals surface area contributed by atoms with Gasteiger partial charge in [-0.2, -0.15) is 0 Å². The lowest BCUT2D eigenvalue weighted by Crippen LogP contribution is -1.94. The van der Waals surface area contributed by atoms with E-state index < -0.39 is 0 Å². The predicted molar refractivity (Wildman–Crippen MR) is 59.1 cm³/mol. The van der Waals surface area contributed by atoms with Crippen LogP contribution in [0.15, 0.2) is 0 Å². The summed E-state index contributed by atoms with van der Waals surface area (Å²) in [6.45, 7) is 0. The first-order chi connectivity index (χ1) is 3.77. The van der Waals surface area contributed by atoms with Gasteiger partial charge in [0, 0.05) is 0 Å². The summed E-state index contributed by atoms with van der Waals surface area (Å²) < 4.78 is 2.19. The molecule has 1 atom stereocenters. The van der Waals surface area contributed by atoms with E-state index in [-0.39, 0.29) is 0 Å². The van der Waals surface area contributed by atoms with Crippen molar-refractivity contribution in [3.05, 3.63) is 0 Å². The normalized spacial score (nSPS) is 13.8. The summed E-state index contributed by atoms with van der Waals surface area (Å²) in [7, 11) is 2.27. The van der Waals surface area contributed by atoms with Crippen LogP contribution in [0.1, 0.15) is 19.3 Å². The summed E-state index contributed by atoms with van der Waals surface area (Å²) in [5, 5.41) is 0. The molecule has 0 saturated carbocycles. The molecule has 0 aromatic heterocycles. The second kappa shape index (κ2) is 6.64. The molecule has 0 bridgehead atoms. The highest BCUT2D eigenvalue weighted by molar-refractivity contribution is 14.1. The van der Waals surface area contributed by atoms with Crippen LogP contribution in [0.5, 0.6) is 0 Å². The van der Waals surface area contributed by atoms with Crippen molar-refractivity contribution in [2.75, 3.05) is 4.43 Å². The fourth-order valence-corrected chi connectivity index (χ4v) is 1.50. The number of alkyl halides is 2. The number of rotatable bonds is 4. The van der Waals surface area contributed by atoms with E-state index in [0.29, 0.717) is 0 Å². The Morgan fingerprint density at radius 2 is 2.00 bits per heavy atom. The van der Waals surface area contributed by atoms with Crippen LogP contribution in [0.2, 0.25) is 0 Å². The molecule has 0 aromatic carbocycles. The molecule has 0 rings (SSSR count).